The molecular weight excluding hydrogens is 468 g/mol. The van der Waals surface area contributed by atoms with Crippen LogP contribution in [-0.2, 0) is 19.7 Å². The van der Waals surface area contributed by atoms with E-state index in [0.29, 0.717) is 11.5 Å². The Kier molecular flexibility index (Phi) is 6.48. The first-order valence-electron chi connectivity index (χ1n) is 12.2. The van der Waals surface area contributed by atoms with Crippen molar-refractivity contribution in [2.45, 2.75) is 38.2 Å². The van der Waals surface area contributed by atoms with Gasteiger partial charge < -0.3 is 9.47 Å². The van der Waals surface area contributed by atoms with Crippen molar-refractivity contribution in [3.05, 3.63) is 95.7 Å². The van der Waals surface area contributed by atoms with Gasteiger partial charge in [0.05, 0.1) is 18.2 Å². The van der Waals surface area contributed by atoms with Gasteiger partial charge in [-0.05, 0) is 61.1 Å². The highest BCUT2D eigenvalue weighted by molar-refractivity contribution is 5.87. The second-order valence-electron chi connectivity index (χ2n) is 9.22. The van der Waals surface area contributed by atoms with Crippen molar-refractivity contribution in [1.29, 1.82) is 0 Å². The van der Waals surface area contributed by atoms with E-state index in [1.807, 2.05) is 85.8 Å². The van der Waals surface area contributed by atoms with Crippen LogP contribution < -0.4 is 5.32 Å². The first kappa shape index (κ1) is 24.2. The van der Waals surface area contributed by atoms with Crippen LogP contribution in [-0.4, -0.2) is 34.2 Å². The number of amides is 1. The lowest BCUT2D eigenvalue weighted by molar-refractivity contribution is -0.143. The standard InChI is InChI=1S/C29H28N4O4/c1-19-26(30-28(35)37-20(2)21-7-5-4-6-8-21)33(32-31-19)25-15-11-23(12-16-25)22-9-13-24(14-10-22)29(17-18-29)27(34)36-3/h4-16,20H,17-18H2,1-3H3,(H,30,35)/t20-/m1/s1. The van der Waals surface area contributed by atoms with Gasteiger partial charge >= 0.3 is 12.1 Å². The molecule has 0 spiro atoms. The predicted octanol–water partition coefficient (Wildman–Crippen LogP) is 5.76. The Morgan fingerprint density at radius 2 is 1.57 bits per heavy atom. The molecule has 37 heavy (non-hydrogen) atoms. The monoisotopic (exact) mass is 496 g/mol. The van der Waals surface area contributed by atoms with Crippen molar-refractivity contribution in [3.63, 3.8) is 0 Å². The fraction of sp³-hybridized carbons (Fsp3) is 0.241. The van der Waals surface area contributed by atoms with Gasteiger partial charge in [0.2, 0.25) is 0 Å². The Hall–Kier alpha value is -4.46. The minimum Gasteiger partial charge on any atom is -0.468 e. The Bertz CT molecular complexity index is 1410. The number of esters is 1. The Morgan fingerprint density at radius 3 is 2.16 bits per heavy atom. The third-order valence-corrected chi connectivity index (χ3v) is 6.82. The lowest BCUT2D eigenvalue weighted by Crippen LogP contribution is -2.21. The van der Waals surface area contributed by atoms with Crippen LogP contribution in [0, 0.1) is 6.92 Å². The van der Waals surface area contributed by atoms with E-state index < -0.39 is 17.6 Å². The van der Waals surface area contributed by atoms with Crippen LogP contribution in [0.25, 0.3) is 16.8 Å². The van der Waals surface area contributed by atoms with E-state index in [9.17, 15) is 9.59 Å². The van der Waals surface area contributed by atoms with Gasteiger partial charge in [-0.3, -0.25) is 10.1 Å². The quantitative estimate of drug-likeness (QED) is 0.327. The molecule has 1 amide bonds. The minimum absolute atomic E-state index is 0.171. The summed E-state index contributed by atoms with van der Waals surface area (Å²) in [6.07, 6.45) is 0.652. The Balaban J connectivity index is 1.30. The molecule has 8 heteroatoms. The molecule has 8 nitrogen and oxygen atoms in total. The zero-order chi connectivity index (χ0) is 26.0. The van der Waals surface area contributed by atoms with Crippen molar-refractivity contribution in [2.75, 3.05) is 12.4 Å². The molecule has 0 saturated heterocycles. The smallest absolute Gasteiger partial charge is 0.413 e. The molecule has 0 aliphatic heterocycles. The van der Waals surface area contributed by atoms with Crippen LogP contribution in [0.15, 0.2) is 78.9 Å². The largest absolute Gasteiger partial charge is 0.468 e. The number of rotatable bonds is 7. The number of methoxy groups -OCH3 is 1. The summed E-state index contributed by atoms with van der Waals surface area (Å²) in [6, 6.07) is 25.4. The second-order valence-corrected chi connectivity index (χ2v) is 9.22. The highest BCUT2D eigenvalue weighted by Crippen LogP contribution is 2.49. The summed E-state index contributed by atoms with van der Waals surface area (Å²) in [5, 5.41) is 11.1. The minimum atomic E-state index is -0.583. The summed E-state index contributed by atoms with van der Waals surface area (Å²) in [7, 11) is 1.43. The van der Waals surface area contributed by atoms with E-state index in [1.54, 1.807) is 11.6 Å². The number of ether oxygens (including phenoxy) is 2. The maximum atomic E-state index is 12.6. The molecule has 188 valence electrons. The Labute approximate surface area is 215 Å². The lowest BCUT2D eigenvalue weighted by Gasteiger charge is -2.15. The molecule has 1 N–H and O–H groups in total. The maximum Gasteiger partial charge on any atom is 0.413 e. The molecule has 1 atom stereocenters. The van der Waals surface area contributed by atoms with Gasteiger partial charge in [-0.1, -0.05) is 71.9 Å². The van der Waals surface area contributed by atoms with Crippen molar-refractivity contribution >= 4 is 17.9 Å². The van der Waals surface area contributed by atoms with Gasteiger partial charge in [0.15, 0.2) is 5.82 Å². The van der Waals surface area contributed by atoms with Gasteiger partial charge in [-0.25, -0.2) is 4.79 Å². The zero-order valence-electron chi connectivity index (χ0n) is 21.0. The molecule has 1 aromatic heterocycles. The number of aromatic nitrogens is 3. The third kappa shape index (κ3) is 4.82. The number of anilines is 1. The normalized spacial score (nSPS) is 14.5. The number of nitrogens with one attached hydrogen (secondary N) is 1. The van der Waals surface area contributed by atoms with Crippen molar-refractivity contribution in [3.8, 4) is 16.8 Å². The van der Waals surface area contributed by atoms with E-state index in [0.717, 1.165) is 40.8 Å². The summed E-state index contributed by atoms with van der Waals surface area (Å²) < 4.78 is 12.1. The number of carbonyl (C=O) groups excluding carboxylic acids is 2. The molecule has 1 aliphatic rings. The van der Waals surface area contributed by atoms with E-state index in [4.69, 9.17) is 9.47 Å². The van der Waals surface area contributed by atoms with E-state index in [2.05, 4.69) is 15.6 Å². The van der Waals surface area contributed by atoms with Gasteiger partial charge in [-0.15, -0.1) is 5.10 Å². The Morgan fingerprint density at radius 1 is 0.946 bits per heavy atom. The lowest BCUT2D eigenvalue weighted by atomic mass is 9.94. The van der Waals surface area contributed by atoms with Crippen LogP contribution in [0.2, 0.25) is 0 Å². The molecule has 3 aromatic carbocycles. The number of benzene rings is 3. The van der Waals surface area contributed by atoms with E-state index in [-0.39, 0.29) is 5.97 Å². The molecule has 4 aromatic rings. The van der Waals surface area contributed by atoms with Gasteiger partial charge in [0.25, 0.3) is 0 Å². The molecule has 1 heterocycles. The summed E-state index contributed by atoms with van der Waals surface area (Å²) in [4.78, 5) is 24.8. The van der Waals surface area contributed by atoms with Crippen molar-refractivity contribution in [2.24, 2.45) is 0 Å². The average molecular weight is 497 g/mol. The van der Waals surface area contributed by atoms with Gasteiger partial charge in [-0.2, -0.15) is 4.68 Å². The summed E-state index contributed by atoms with van der Waals surface area (Å²) >= 11 is 0. The van der Waals surface area contributed by atoms with Gasteiger partial charge in [0.1, 0.15) is 11.8 Å². The first-order valence-corrected chi connectivity index (χ1v) is 12.2. The first-order chi connectivity index (χ1) is 17.9. The number of hydrogen-bond acceptors (Lipinski definition) is 6. The molecule has 1 saturated carbocycles. The SMILES string of the molecule is COC(=O)C1(c2ccc(-c3ccc(-n4nnc(C)c4NC(=O)O[C@H](C)c4ccccc4)cc3)cc2)CC1. The molecule has 1 aliphatic carbocycles. The number of nitrogens with zero attached hydrogens (tertiary/aromatic N) is 3. The average Bonchev–Trinajstić information content (AvgIpc) is 3.67. The fourth-order valence-electron chi connectivity index (χ4n) is 4.47. The van der Waals surface area contributed by atoms with Crippen LogP contribution >= 0.6 is 0 Å². The van der Waals surface area contributed by atoms with Gasteiger partial charge in [0, 0.05) is 0 Å². The highest BCUT2D eigenvalue weighted by Gasteiger charge is 2.52. The fourth-order valence-corrected chi connectivity index (χ4v) is 4.47. The van der Waals surface area contributed by atoms with E-state index >= 15 is 0 Å². The zero-order valence-corrected chi connectivity index (χ0v) is 21.0. The van der Waals surface area contributed by atoms with Crippen LogP contribution in [0.1, 0.15) is 42.7 Å². The highest BCUT2D eigenvalue weighted by atomic mass is 16.6. The summed E-state index contributed by atoms with van der Waals surface area (Å²) in [6.45, 7) is 3.60. The molecule has 0 radical (unpaired) electrons. The number of aryl methyl sites for hydroxylation is 1. The second kappa shape index (κ2) is 9.89. The number of hydrogen-bond donors (Lipinski definition) is 1. The van der Waals surface area contributed by atoms with Crippen LogP contribution in [0.5, 0.6) is 0 Å². The van der Waals surface area contributed by atoms with Crippen molar-refractivity contribution < 1.29 is 19.1 Å². The molecule has 1 fully saturated rings. The van der Waals surface area contributed by atoms with E-state index in [1.165, 1.54) is 7.11 Å². The topological polar surface area (TPSA) is 95.3 Å². The molecule has 5 rings (SSSR count). The summed E-state index contributed by atoms with van der Waals surface area (Å²) in [5.41, 5.74) is 4.77. The number of carbonyl (C=O) groups is 2. The third-order valence-electron chi connectivity index (χ3n) is 6.82. The van der Waals surface area contributed by atoms with Crippen LogP contribution in [0.4, 0.5) is 10.6 Å². The maximum absolute atomic E-state index is 12.6. The summed E-state index contributed by atoms with van der Waals surface area (Å²) in [5.74, 6) is 0.274. The van der Waals surface area contributed by atoms with Crippen molar-refractivity contribution in [1.82, 2.24) is 15.0 Å². The molecule has 0 bridgehead atoms. The molecule has 0 unspecified atom stereocenters. The molecular formula is C29H28N4O4. The van der Waals surface area contributed by atoms with Crippen LogP contribution in [0.3, 0.4) is 0 Å². The predicted molar refractivity (Wildman–Crippen MR) is 139 cm³/mol.